The molecule has 0 radical (unpaired) electrons. The number of hydrogen-bond acceptors (Lipinski definition) is 2. The molecule has 0 heterocycles. The maximum atomic E-state index is 5.36. The summed E-state index contributed by atoms with van der Waals surface area (Å²) in [5, 5.41) is 0. The fourth-order valence-electron chi connectivity index (χ4n) is 0.581. The molecule has 0 spiro atoms. The summed E-state index contributed by atoms with van der Waals surface area (Å²) >= 11 is 0. The highest BCUT2D eigenvalue weighted by molar-refractivity contribution is 5.78. The van der Waals surface area contributed by atoms with Crippen molar-refractivity contribution in [1.29, 1.82) is 0 Å². The molecule has 0 atom stereocenters. The predicted octanol–water partition coefficient (Wildman–Crippen LogP) is 1.58. The zero-order valence-corrected chi connectivity index (χ0v) is 6.96. The van der Waals surface area contributed by atoms with Gasteiger partial charge < -0.3 is 5.73 Å². The normalized spacial score (nSPS) is 13.4. The number of hydrogen-bond donors (Lipinski definition) is 1. The average molecular weight is 140 g/mol. The Balaban J connectivity index is 3.98. The number of nitrogens with two attached hydrogens (primary N) is 1. The Labute approximate surface area is 62.8 Å². The molecule has 0 bridgehead atoms. The first-order valence-electron chi connectivity index (χ1n) is 3.64. The Morgan fingerprint density at radius 3 is 2.50 bits per heavy atom. The Hall–Kier alpha value is -0.790. The molecule has 0 saturated carbocycles. The van der Waals surface area contributed by atoms with Crippen molar-refractivity contribution < 1.29 is 0 Å². The largest absolute Gasteiger partial charge is 0.404 e. The van der Waals surface area contributed by atoms with E-state index in [1.54, 1.807) is 6.20 Å². The molecule has 0 fully saturated rings. The van der Waals surface area contributed by atoms with E-state index in [4.69, 9.17) is 5.73 Å². The summed E-state index contributed by atoms with van der Waals surface area (Å²) in [6.45, 7) is 7.02. The first-order valence-corrected chi connectivity index (χ1v) is 3.64. The third-order valence-electron chi connectivity index (χ3n) is 1.28. The van der Waals surface area contributed by atoms with Gasteiger partial charge in [-0.25, -0.2) is 0 Å². The molecule has 2 N–H and O–H groups in total. The second kappa shape index (κ2) is 5.03. The molecule has 0 saturated heterocycles. The van der Waals surface area contributed by atoms with Crippen LogP contribution in [0.3, 0.4) is 0 Å². The van der Waals surface area contributed by atoms with Gasteiger partial charge >= 0.3 is 0 Å². The summed E-state index contributed by atoms with van der Waals surface area (Å²) in [5.74, 6) is 0.472. The highest BCUT2D eigenvalue weighted by Gasteiger charge is 1.96. The smallest absolute Gasteiger partial charge is 0.0361 e. The molecule has 0 amide bonds. The van der Waals surface area contributed by atoms with Crippen LogP contribution in [0.5, 0.6) is 0 Å². The standard InChI is InChI=1S/C8H16N2/c1-4-10-6-8(5-9)7(2)3/h5-7H,4,9H2,1-3H3/b8-5+,10-6?. The summed E-state index contributed by atoms with van der Waals surface area (Å²) in [6.07, 6.45) is 3.45. The molecular formula is C8H16N2. The molecule has 0 aromatic rings. The Kier molecular flexibility index (Phi) is 4.63. The van der Waals surface area contributed by atoms with Gasteiger partial charge in [0, 0.05) is 12.8 Å². The molecule has 2 nitrogen and oxygen atoms in total. The first-order chi connectivity index (χ1) is 4.72. The summed E-state index contributed by atoms with van der Waals surface area (Å²) in [7, 11) is 0. The van der Waals surface area contributed by atoms with Gasteiger partial charge in [0.2, 0.25) is 0 Å². The monoisotopic (exact) mass is 140 g/mol. The fourth-order valence-corrected chi connectivity index (χ4v) is 0.581. The van der Waals surface area contributed by atoms with Crippen molar-refractivity contribution in [1.82, 2.24) is 0 Å². The van der Waals surface area contributed by atoms with Gasteiger partial charge in [-0.2, -0.15) is 0 Å². The Morgan fingerprint density at radius 1 is 1.60 bits per heavy atom. The number of rotatable bonds is 3. The van der Waals surface area contributed by atoms with Crippen LogP contribution in [0.2, 0.25) is 0 Å². The van der Waals surface area contributed by atoms with Crippen LogP contribution in [0.25, 0.3) is 0 Å². The van der Waals surface area contributed by atoms with E-state index in [0.29, 0.717) is 5.92 Å². The Morgan fingerprint density at radius 2 is 2.20 bits per heavy atom. The predicted molar refractivity (Wildman–Crippen MR) is 46.1 cm³/mol. The second-order valence-electron chi connectivity index (χ2n) is 2.45. The molecule has 58 valence electrons. The minimum atomic E-state index is 0.472. The lowest BCUT2D eigenvalue weighted by atomic mass is 10.1. The van der Waals surface area contributed by atoms with Crippen LogP contribution in [0.15, 0.2) is 16.8 Å². The van der Waals surface area contributed by atoms with E-state index in [-0.39, 0.29) is 0 Å². The molecule has 0 rings (SSSR count). The Bertz CT molecular complexity index is 134. The van der Waals surface area contributed by atoms with Gasteiger partial charge in [0.05, 0.1) is 0 Å². The van der Waals surface area contributed by atoms with Gasteiger partial charge in [-0.15, -0.1) is 0 Å². The van der Waals surface area contributed by atoms with Crippen LogP contribution in [0.1, 0.15) is 20.8 Å². The van der Waals surface area contributed by atoms with Crippen LogP contribution in [0, 0.1) is 5.92 Å². The van der Waals surface area contributed by atoms with Crippen LogP contribution in [0.4, 0.5) is 0 Å². The van der Waals surface area contributed by atoms with Crippen molar-refractivity contribution in [3.8, 4) is 0 Å². The molecule has 2 heteroatoms. The van der Waals surface area contributed by atoms with E-state index >= 15 is 0 Å². The van der Waals surface area contributed by atoms with E-state index < -0.39 is 0 Å². The third-order valence-corrected chi connectivity index (χ3v) is 1.28. The van der Waals surface area contributed by atoms with Crippen LogP contribution >= 0.6 is 0 Å². The lowest BCUT2D eigenvalue weighted by Crippen LogP contribution is -1.99. The molecular weight excluding hydrogens is 124 g/mol. The molecule has 0 aliphatic heterocycles. The van der Waals surface area contributed by atoms with E-state index in [1.165, 1.54) is 0 Å². The SMILES string of the molecule is CCN=C/C(=C\N)C(C)C. The highest BCUT2D eigenvalue weighted by Crippen LogP contribution is 2.03. The molecule has 0 aliphatic carbocycles. The van der Waals surface area contributed by atoms with Gasteiger partial charge in [0.25, 0.3) is 0 Å². The summed E-state index contributed by atoms with van der Waals surface area (Å²) in [6, 6.07) is 0. The molecule has 0 aromatic heterocycles. The summed E-state index contributed by atoms with van der Waals surface area (Å²) < 4.78 is 0. The van der Waals surface area contributed by atoms with E-state index in [2.05, 4.69) is 18.8 Å². The van der Waals surface area contributed by atoms with Crippen molar-refractivity contribution in [2.45, 2.75) is 20.8 Å². The van der Waals surface area contributed by atoms with Crippen LogP contribution in [-0.2, 0) is 0 Å². The van der Waals surface area contributed by atoms with E-state index in [1.807, 2.05) is 13.1 Å². The first kappa shape index (κ1) is 9.21. The number of nitrogens with zero attached hydrogens (tertiary/aromatic N) is 1. The molecule has 0 unspecified atom stereocenters. The van der Waals surface area contributed by atoms with Gasteiger partial charge in [0.1, 0.15) is 0 Å². The van der Waals surface area contributed by atoms with Crippen LogP contribution in [-0.4, -0.2) is 12.8 Å². The van der Waals surface area contributed by atoms with Crippen molar-refractivity contribution in [2.75, 3.05) is 6.54 Å². The second-order valence-corrected chi connectivity index (χ2v) is 2.45. The molecule has 0 aliphatic rings. The lowest BCUT2D eigenvalue weighted by molar-refractivity contribution is 0.802. The van der Waals surface area contributed by atoms with Crippen molar-refractivity contribution in [3.05, 3.63) is 11.8 Å². The zero-order valence-electron chi connectivity index (χ0n) is 6.96. The lowest BCUT2D eigenvalue weighted by Gasteiger charge is -2.02. The molecule has 0 aromatic carbocycles. The van der Waals surface area contributed by atoms with E-state index in [9.17, 15) is 0 Å². The quantitative estimate of drug-likeness (QED) is 0.594. The van der Waals surface area contributed by atoms with Gasteiger partial charge in [0.15, 0.2) is 0 Å². The molecule has 10 heavy (non-hydrogen) atoms. The van der Waals surface area contributed by atoms with Crippen molar-refractivity contribution in [3.63, 3.8) is 0 Å². The topological polar surface area (TPSA) is 38.4 Å². The van der Waals surface area contributed by atoms with E-state index in [0.717, 1.165) is 12.1 Å². The van der Waals surface area contributed by atoms with Gasteiger partial charge in [-0.3, -0.25) is 4.99 Å². The third kappa shape index (κ3) is 3.28. The summed E-state index contributed by atoms with van der Waals surface area (Å²) in [5.41, 5.74) is 6.46. The fraction of sp³-hybridized carbons (Fsp3) is 0.625. The maximum absolute atomic E-state index is 5.36. The number of allylic oxidation sites excluding steroid dienone is 1. The van der Waals surface area contributed by atoms with Crippen molar-refractivity contribution in [2.24, 2.45) is 16.6 Å². The maximum Gasteiger partial charge on any atom is 0.0361 e. The average Bonchev–Trinajstić information content (AvgIpc) is 1.89. The number of aliphatic imine (C=N–C) groups is 1. The minimum Gasteiger partial charge on any atom is -0.404 e. The summed E-state index contributed by atoms with van der Waals surface area (Å²) in [4.78, 5) is 4.09. The van der Waals surface area contributed by atoms with Gasteiger partial charge in [-0.05, 0) is 24.6 Å². The highest BCUT2D eigenvalue weighted by atomic mass is 14.7. The van der Waals surface area contributed by atoms with Crippen molar-refractivity contribution >= 4 is 6.21 Å². The van der Waals surface area contributed by atoms with Crippen LogP contribution < -0.4 is 5.73 Å². The minimum absolute atomic E-state index is 0.472. The zero-order chi connectivity index (χ0) is 7.98. The van der Waals surface area contributed by atoms with Gasteiger partial charge in [-0.1, -0.05) is 13.8 Å².